The molecule has 3 aliphatic rings. The largest absolute Gasteiger partial charge is 0.478 e. The molecule has 2 heterocycles. The van der Waals surface area contributed by atoms with Crippen LogP contribution in [-0.4, -0.2) is 24.5 Å². The van der Waals surface area contributed by atoms with Crippen LogP contribution in [0.25, 0.3) is 0 Å². The van der Waals surface area contributed by atoms with Crippen molar-refractivity contribution in [1.29, 1.82) is 0 Å². The van der Waals surface area contributed by atoms with Crippen LogP contribution in [0.4, 0.5) is 0 Å². The maximum atomic E-state index is 6.33. The molecule has 4 nitrogen and oxygen atoms in total. The third kappa shape index (κ3) is 2.74. The average molecular weight is 374 g/mol. The molecule has 144 valence electrons. The van der Waals surface area contributed by atoms with E-state index in [1.807, 2.05) is 0 Å². The molecule has 0 radical (unpaired) electrons. The first-order chi connectivity index (χ1) is 13.4. The first-order valence-electron chi connectivity index (χ1n) is 10.0. The van der Waals surface area contributed by atoms with Crippen molar-refractivity contribution in [3.63, 3.8) is 0 Å². The smallest absolute Gasteiger partial charge is 0.199 e. The molecule has 0 aromatic heterocycles. The summed E-state index contributed by atoms with van der Waals surface area (Å²) in [5.74, 6) is 1.47. The zero-order chi connectivity index (χ0) is 19.5. The van der Waals surface area contributed by atoms with Crippen molar-refractivity contribution in [3.8, 4) is 0 Å². The summed E-state index contributed by atoms with van der Waals surface area (Å²) in [6.45, 7) is 8.99. The van der Waals surface area contributed by atoms with Crippen molar-refractivity contribution >= 4 is 11.8 Å². The molecule has 2 aliphatic heterocycles. The molecular formula is C24H26N2O2. The summed E-state index contributed by atoms with van der Waals surface area (Å²) in [5, 5.41) is 0. The number of hydrogen-bond donors (Lipinski definition) is 0. The van der Waals surface area contributed by atoms with Gasteiger partial charge in [0.15, 0.2) is 11.8 Å². The van der Waals surface area contributed by atoms with E-state index in [4.69, 9.17) is 19.5 Å². The minimum absolute atomic E-state index is 0.0417. The van der Waals surface area contributed by atoms with E-state index in [0.717, 1.165) is 18.2 Å². The Morgan fingerprint density at radius 2 is 1.68 bits per heavy atom. The van der Waals surface area contributed by atoms with Gasteiger partial charge < -0.3 is 9.47 Å². The first-order valence-corrected chi connectivity index (χ1v) is 10.0. The summed E-state index contributed by atoms with van der Waals surface area (Å²) in [6, 6.07) is 15.3. The van der Waals surface area contributed by atoms with Crippen LogP contribution in [-0.2, 0) is 15.9 Å². The second-order valence-corrected chi connectivity index (χ2v) is 8.74. The van der Waals surface area contributed by atoms with Crippen LogP contribution in [0, 0.1) is 19.3 Å². The van der Waals surface area contributed by atoms with Crippen LogP contribution >= 0.6 is 0 Å². The molecule has 3 atom stereocenters. The molecule has 0 bridgehead atoms. The SMILES string of the molecule is Cc1ccc(C2COC(C(C)(C)C3=NC4c5ccc(C)cc5CC4O3)=N2)cc1. The Bertz CT molecular complexity index is 988. The van der Waals surface area contributed by atoms with Crippen molar-refractivity contribution in [2.24, 2.45) is 15.4 Å². The number of fused-ring (bicyclic) bond motifs is 3. The van der Waals surface area contributed by atoms with Gasteiger partial charge in [-0.2, -0.15) is 0 Å². The van der Waals surface area contributed by atoms with Gasteiger partial charge in [-0.25, -0.2) is 9.98 Å². The number of ether oxygens (including phenoxy) is 2. The lowest BCUT2D eigenvalue weighted by molar-refractivity contribution is 0.186. The standard InChI is InChI=1S/C24H26N2O2/c1-14-5-8-16(9-6-14)19-13-27-22(25-19)24(3,4)23-26-21-18-10-7-15(2)11-17(18)12-20(21)28-23/h5-11,19-21H,12-13H2,1-4H3. The fourth-order valence-electron chi connectivity index (χ4n) is 4.36. The monoisotopic (exact) mass is 374 g/mol. The van der Waals surface area contributed by atoms with Crippen LogP contribution in [0.15, 0.2) is 52.4 Å². The van der Waals surface area contributed by atoms with Gasteiger partial charge in [-0.05, 0) is 44.4 Å². The van der Waals surface area contributed by atoms with Crippen molar-refractivity contribution in [2.75, 3.05) is 6.61 Å². The molecule has 0 spiro atoms. The maximum absolute atomic E-state index is 6.33. The topological polar surface area (TPSA) is 43.2 Å². The summed E-state index contributed by atoms with van der Waals surface area (Å²) in [6.07, 6.45) is 1.02. The van der Waals surface area contributed by atoms with Crippen LogP contribution in [0.3, 0.4) is 0 Å². The highest BCUT2D eigenvalue weighted by Gasteiger charge is 2.47. The number of aliphatic imine (C=N–C) groups is 2. The summed E-state index contributed by atoms with van der Waals surface area (Å²) in [7, 11) is 0. The molecule has 28 heavy (non-hydrogen) atoms. The van der Waals surface area contributed by atoms with E-state index >= 15 is 0 Å². The molecule has 3 unspecified atom stereocenters. The zero-order valence-corrected chi connectivity index (χ0v) is 16.9. The lowest BCUT2D eigenvalue weighted by Crippen LogP contribution is -2.35. The molecule has 0 saturated carbocycles. The lowest BCUT2D eigenvalue weighted by Gasteiger charge is -2.24. The molecule has 5 rings (SSSR count). The second-order valence-electron chi connectivity index (χ2n) is 8.74. The number of hydrogen-bond acceptors (Lipinski definition) is 4. The van der Waals surface area contributed by atoms with E-state index in [0.29, 0.717) is 6.61 Å². The van der Waals surface area contributed by atoms with Gasteiger partial charge in [0.05, 0.1) is 0 Å². The average Bonchev–Trinajstić information content (AvgIpc) is 3.36. The Kier molecular flexibility index (Phi) is 3.87. The van der Waals surface area contributed by atoms with E-state index in [9.17, 15) is 0 Å². The van der Waals surface area contributed by atoms with E-state index in [1.165, 1.54) is 27.8 Å². The number of rotatable bonds is 3. The summed E-state index contributed by atoms with van der Waals surface area (Å²) in [5.41, 5.74) is 5.93. The predicted octanol–water partition coefficient (Wildman–Crippen LogP) is 4.89. The highest BCUT2D eigenvalue weighted by Crippen LogP contribution is 2.44. The van der Waals surface area contributed by atoms with E-state index < -0.39 is 5.41 Å². The molecule has 0 N–H and O–H groups in total. The highest BCUT2D eigenvalue weighted by molar-refractivity contribution is 6.05. The van der Waals surface area contributed by atoms with Gasteiger partial charge in [-0.1, -0.05) is 53.6 Å². The first kappa shape index (κ1) is 17.5. The Labute approximate surface area is 166 Å². The summed E-state index contributed by atoms with van der Waals surface area (Å²) in [4.78, 5) is 9.87. The fourth-order valence-corrected chi connectivity index (χ4v) is 4.36. The van der Waals surface area contributed by atoms with Gasteiger partial charge in [-0.3, -0.25) is 0 Å². The van der Waals surface area contributed by atoms with Gasteiger partial charge in [0.2, 0.25) is 0 Å². The third-order valence-electron chi connectivity index (χ3n) is 6.09. The Hall–Kier alpha value is -2.62. The Morgan fingerprint density at radius 1 is 0.929 bits per heavy atom. The van der Waals surface area contributed by atoms with Gasteiger partial charge in [0.1, 0.15) is 30.2 Å². The van der Waals surface area contributed by atoms with Gasteiger partial charge in [0.25, 0.3) is 0 Å². The Morgan fingerprint density at radius 3 is 2.46 bits per heavy atom. The minimum Gasteiger partial charge on any atom is -0.478 e. The molecule has 2 aromatic rings. The minimum atomic E-state index is -0.464. The number of nitrogens with zero attached hydrogens (tertiary/aromatic N) is 2. The van der Waals surface area contributed by atoms with Crippen LogP contribution in [0.5, 0.6) is 0 Å². The van der Waals surface area contributed by atoms with E-state index in [1.54, 1.807) is 0 Å². The summed E-state index contributed by atoms with van der Waals surface area (Å²) < 4.78 is 12.4. The van der Waals surface area contributed by atoms with Crippen molar-refractivity contribution in [1.82, 2.24) is 0 Å². The van der Waals surface area contributed by atoms with Crippen LogP contribution < -0.4 is 0 Å². The lowest BCUT2D eigenvalue weighted by atomic mass is 9.92. The molecule has 1 aliphatic carbocycles. The van der Waals surface area contributed by atoms with Crippen LogP contribution in [0.2, 0.25) is 0 Å². The van der Waals surface area contributed by atoms with E-state index in [-0.39, 0.29) is 18.2 Å². The van der Waals surface area contributed by atoms with E-state index in [2.05, 4.69) is 70.2 Å². The van der Waals surface area contributed by atoms with Crippen LogP contribution in [0.1, 0.15) is 53.7 Å². The molecular weight excluding hydrogens is 348 g/mol. The molecule has 2 aromatic carbocycles. The normalized spacial score (nSPS) is 25.5. The van der Waals surface area contributed by atoms with Crippen molar-refractivity contribution in [3.05, 3.63) is 70.3 Å². The maximum Gasteiger partial charge on any atom is 0.199 e. The van der Waals surface area contributed by atoms with Crippen molar-refractivity contribution in [2.45, 2.75) is 52.3 Å². The molecule has 4 heteroatoms. The molecule has 0 amide bonds. The summed E-state index contributed by atoms with van der Waals surface area (Å²) >= 11 is 0. The van der Waals surface area contributed by atoms with Gasteiger partial charge >= 0.3 is 0 Å². The van der Waals surface area contributed by atoms with Gasteiger partial charge in [0, 0.05) is 6.42 Å². The molecule has 0 saturated heterocycles. The highest BCUT2D eigenvalue weighted by atomic mass is 16.5. The van der Waals surface area contributed by atoms with Gasteiger partial charge in [-0.15, -0.1) is 0 Å². The fraction of sp³-hybridized carbons (Fsp3) is 0.417. The quantitative estimate of drug-likeness (QED) is 0.767. The number of aryl methyl sites for hydroxylation is 2. The second kappa shape index (κ2) is 6.20. The third-order valence-corrected chi connectivity index (χ3v) is 6.09. The van der Waals surface area contributed by atoms with Crippen molar-refractivity contribution < 1.29 is 9.47 Å². The predicted molar refractivity (Wildman–Crippen MR) is 111 cm³/mol. The number of benzene rings is 2. The molecule has 0 fully saturated rings. The Balaban J connectivity index is 1.40. The zero-order valence-electron chi connectivity index (χ0n) is 16.9.